The molecule has 25 heavy (non-hydrogen) atoms. The number of aliphatic hydroxyl groups is 1. The van der Waals surface area contributed by atoms with Gasteiger partial charge in [0.1, 0.15) is 0 Å². The van der Waals surface area contributed by atoms with Crippen LogP contribution in [0.4, 0.5) is 0 Å². The van der Waals surface area contributed by atoms with Gasteiger partial charge in [0.2, 0.25) is 0 Å². The molecule has 1 saturated carbocycles. The SMILES string of the molecule is CN(Cc1ccccc1)S(=O)(=O)N[C@@H](c1ccccn1)C1CC(O)C1. The normalized spacial score (nSPS) is 21.7. The van der Waals surface area contributed by atoms with Crippen LogP contribution in [0.3, 0.4) is 0 Å². The lowest BCUT2D eigenvalue weighted by Gasteiger charge is -2.38. The zero-order chi connectivity index (χ0) is 17.9. The number of benzene rings is 1. The molecule has 7 heteroatoms. The number of nitrogens with zero attached hydrogens (tertiary/aromatic N) is 2. The average molecular weight is 361 g/mol. The third-order valence-electron chi connectivity index (χ3n) is 4.56. The molecule has 0 aliphatic heterocycles. The second-order valence-electron chi connectivity index (χ2n) is 6.48. The van der Waals surface area contributed by atoms with Crippen LogP contribution in [-0.2, 0) is 16.8 Å². The van der Waals surface area contributed by atoms with E-state index in [9.17, 15) is 13.5 Å². The number of rotatable bonds is 7. The summed E-state index contributed by atoms with van der Waals surface area (Å²) >= 11 is 0. The maximum Gasteiger partial charge on any atom is 0.280 e. The molecule has 1 aromatic heterocycles. The Kier molecular flexibility index (Phi) is 5.48. The largest absolute Gasteiger partial charge is 0.393 e. The monoisotopic (exact) mass is 361 g/mol. The van der Waals surface area contributed by atoms with Crippen LogP contribution in [-0.4, -0.2) is 36.0 Å². The van der Waals surface area contributed by atoms with E-state index in [0.29, 0.717) is 25.1 Å². The number of hydrogen-bond acceptors (Lipinski definition) is 4. The van der Waals surface area contributed by atoms with E-state index in [1.54, 1.807) is 19.3 Å². The maximum atomic E-state index is 12.8. The Morgan fingerprint density at radius 3 is 2.48 bits per heavy atom. The van der Waals surface area contributed by atoms with Crippen molar-refractivity contribution >= 4 is 10.2 Å². The first kappa shape index (κ1) is 18.0. The molecule has 0 spiro atoms. The Balaban J connectivity index is 1.75. The highest BCUT2D eigenvalue weighted by Crippen LogP contribution is 2.37. The molecule has 1 heterocycles. The van der Waals surface area contributed by atoms with Gasteiger partial charge in [0.25, 0.3) is 10.2 Å². The van der Waals surface area contributed by atoms with Gasteiger partial charge in [-0.1, -0.05) is 36.4 Å². The summed E-state index contributed by atoms with van der Waals surface area (Å²) in [6, 6.07) is 14.5. The summed E-state index contributed by atoms with van der Waals surface area (Å²) in [7, 11) is -2.13. The number of nitrogens with one attached hydrogen (secondary N) is 1. The Hall–Kier alpha value is -1.80. The highest BCUT2D eigenvalue weighted by molar-refractivity contribution is 7.87. The van der Waals surface area contributed by atoms with Crippen LogP contribution in [0.1, 0.15) is 30.1 Å². The van der Waals surface area contributed by atoms with E-state index in [1.807, 2.05) is 42.5 Å². The lowest BCUT2D eigenvalue weighted by atomic mass is 9.76. The molecular formula is C18H23N3O3S. The van der Waals surface area contributed by atoms with Crippen molar-refractivity contribution < 1.29 is 13.5 Å². The van der Waals surface area contributed by atoms with E-state index >= 15 is 0 Å². The van der Waals surface area contributed by atoms with Gasteiger partial charge in [-0.2, -0.15) is 17.4 Å². The zero-order valence-electron chi connectivity index (χ0n) is 14.1. The van der Waals surface area contributed by atoms with E-state index in [1.165, 1.54) is 4.31 Å². The molecule has 1 fully saturated rings. The number of pyridine rings is 1. The fourth-order valence-electron chi connectivity index (χ4n) is 3.04. The maximum absolute atomic E-state index is 12.8. The first-order chi connectivity index (χ1) is 12.0. The van der Waals surface area contributed by atoms with Crippen molar-refractivity contribution in [1.29, 1.82) is 0 Å². The fraction of sp³-hybridized carbons (Fsp3) is 0.389. The minimum atomic E-state index is -3.68. The zero-order valence-corrected chi connectivity index (χ0v) is 14.9. The quantitative estimate of drug-likeness (QED) is 0.789. The molecule has 1 atom stereocenters. The predicted octanol–water partition coefficient (Wildman–Crippen LogP) is 1.86. The van der Waals surface area contributed by atoms with Gasteiger partial charge in [-0.05, 0) is 36.5 Å². The van der Waals surface area contributed by atoms with Crippen molar-refractivity contribution in [2.75, 3.05) is 7.05 Å². The molecule has 1 aliphatic carbocycles. The molecule has 0 amide bonds. The number of aliphatic hydroxyl groups excluding tert-OH is 1. The van der Waals surface area contributed by atoms with Gasteiger partial charge in [-0.15, -0.1) is 0 Å². The van der Waals surface area contributed by atoms with Crippen molar-refractivity contribution in [3.05, 3.63) is 66.0 Å². The van der Waals surface area contributed by atoms with Crippen LogP contribution in [0, 0.1) is 5.92 Å². The van der Waals surface area contributed by atoms with Crippen LogP contribution in [0.15, 0.2) is 54.7 Å². The Labute approximate surface area is 148 Å². The predicted molar refractivity (Wildman–Crippen MR) is 95.7 cm³/mol. The van der Waals surface area contributed by atoms with Crippen molar-refractivity contribution in [1.82, 2.24) is 14.0 Å². The van der Waals surface area contributed by atoms with Gasteiger partial charge in [0.05, 0.1) is 17.8 Å². The standard InChI is InChI=1S/C18H23N3O3S/c1-21(13-14-7-3-2-4-8-14)25(23,24)20-18(15-11-16(22)12-15)17-9-5-6-10-19-17/h2-10,15-16,18,20,22H,11-13H2,1H3/t15?,16?,18-/m1/s1. The number of aromatic nitrogens is 1. The van der Waals surface area contributed by atoms with E-state index in [-0.39, 0.29) is 12.0 Å². The summed E-state index contributed by atoms with van der Waals surface area (Å²) < 4.78 is 29.6. The molecule has 2 aromatic rings. The summed E-state index contributed by atoms with van der Waals surface area (Å²) in [5, 5.41) is 9.61. The fourth-order valence-corrected chi connectivity index (χ4v) is 4.17. The van der Waals surface area contributed by atoms with Crippen LogP contribution in [0.2, 0.25) is 0 Å². The molecular weight excluding hydrogens is 338 g/mol. The topological polar surface area (TPSA) is 82.5 Å². The van der Waals surface area contributed by atoms with Crippen LogP contribution >= 0.6 is 0 Å². The first-order valence-corrected chi connectivity index (χ1v) is 9.76. The summed E-state index contributed by atoms with van der Waals surface area (Å²) in [5.41, 5.74) is 1.60. The highest BCUT2D eigenvalue weighted by Gasteiger charge is 2.38. The molecule has 0 unspecified atom stereocenters. The van der Waals surface area contributed by atoms with Gasteiger partial charge < -0.3 is 5.11 Å². The molecule has 1 aliphatic rings. The van der Waals surface area contributed by atoms with E-state index in [0.717, 1.165) is 5.56 Å². The number of hydrogen-bond donors (Lipinski definition) is 2. The molecule has 2 N–H and O–H groups in total. The molecule has 134 valence electrons. The lowest BCUT2D eigenvalue weighted by molar-refractivity contribution is 0.0271. The average Bonchev–Trinajstić information content (AvgIpc) is 2.59. The minimum Gasteiger partial charge on any atom is -0.393 e. The minimum absolute atomic E-state index is 0.0461. The summed E-state index contributed by atoms with van der Waals surface area (Å²) in [6.45, 7) is 0.290. The van der Waals surface area contributed by atoms with Crippen LogP contribution < -0.4 is 4.72 Å². The Bertz CT molecular complexity index is 778. The second-order valence-corrected chi connectivity index (χ2v) is 8.29. The van der Waals surface area contributed by atoms with E-state index in [4.69, 9.17) is 0 Å². The molecule has 0 saturated heterocycles. The summed E-state index contributed by atoms with van der Waals surface area (Å²) in [6.07, 6.45) is 2.44. The molecule has 1 aromatic carbocycles. The first-order valence-electron chi connectivity index (χ1n) is 8.32. The van der Waals surface area contributed by atoms with Crippen molar-refractivity contribution in [3.8, 4) is 0 Å². The Morgan fingerprint density at radius 2 is 1.88 bits per heavy atom. The van der Waals surface area contributed by atoms with Crippen molar-refractivity contribution in [2.45, 2.75) is 31.5 Å². The van der Waals surface area contributed by atoms with E-state index in [2.05, 4.69) is 9.71 Å². The second kappa shape index (κ2) is 7.61. The third-order valence-corrected chi connectivity index (χ3v) is 6.06. The van der Waals surface area contributed by atoms with Gasteiger partial charge in [0, 0.05) is 19.8 Å². The molecule has 3 rings (SSSR count). The summed E-state index contributed by atoms with van der Waals surface area (Å²) in [4.78, 5) is 4.31. The highest BCUT2D eigenvalue weighted by atomic mass is 32.2. The van der Waals surface area contributed by atoms with Gasteiger partial charge in [-0.3, -0.25) is 4.98 Å². The smallest absolute Gasteiger partial charge is 0.280 e. The molecule has 0 bridgehead atoms. The van der Waals surface area contributed by atoms with Gasteiger partial charge in [0.15, 0.2) is 0 Å². The Morgan fingerprint density at radius 1 is 1.20 bits per heavy atom. The molecule has 0 radical (unpaired) electrons. The third kappa shape index (κ3) is 4.43. The lowest BCUT2D eigenvalue weighted by Crippen LogP contribution is -2.46. The summed E-state index contributed by atoms with van der Waals surface area (Å²) in [5.74, 6) is 0.0461. The van der Waals surface area contributed by atoms with Gasteiger partial charge >= 0.3 is 0 Å². The molecule has 6 nitrogen and oxygen atoms in total. The van der Waals surface area contributed by atoms with Crippen LogP contribution in [0.25, 0.3) is 0 Å². The van der Waals surface area contributed by atoms with Crippen LogP contribution in [0.5, 0.6) is 0 Å². The van der Waals surface area contributed by atoms with Crippen molar-refractivity contribution in [3.63, 3.8) is 0 Å². The van der Waals surface area contributed by atoms with Gasteiger partial charge in [-0.25, -0.2) is 0 Å². The van der Waals surface area contributed by atoms with Crippen molar-refractivity contribution in [2.24, 2.45) is 5.92 Å². The van der Waals surface area contributed by atoms with E-state index < -0.39 is 16.3 Å².